The quantitative estimate of drug-likeness (QED) is 0.862. The van der Waals surface area contributed by atoms with Crippen LogP contribution in [0.1, 0.15) is 18.1 Å². The Morgan fingerprint density at radius 1 is 1.10 bits per heavy atom. The van der Waals surface area contributed by atoms with Crippen molar-refractivity contribution in [2.75, 3.05) is 17.2 Å². The highest BCUT2D eigenvalue weighted by Crippen LogP contribution is 2.38. The van der Waals surface area contributed by atoms with Gasteiger partial charge in [0.15, 0.2) is 0 Å². The number of fused-ring (bicyclic) bond motifs is 1. The highest BCUT2D eigenvalue weighted by Gasteiger charge is 2.22. The summed E-state index contributed by atoms with van der Waals surface area (Å²) in [6.07, 6.45) is 1.12. The predicted octanol–water partition coefficient (Wildman–Crippen LogP) is 3.95. The van der Waals surface area contributed by atoms with E-state index < -0.39 is 0 Å². The van der Waals surface area contributed by atoms with Gasteiger partial charge in [-0.25, -0.2) is 0 Å². The smallest absolute Gasteiger partial charge is 0.0467 e. The van der Waals surface area contributed by atoms with Gasteiger partial charge in [-0.05, 0) is 35.9 Å². The third-order valence-electron chi connectivity index (χ3n) is 3.79. The molecule has 0 atom stereocenters. The van der Waals surface area contributed by atoms with Crippen LogP contribution in [0.2, 0.25) is 0 Å². The van der Waals surface area contributed by atoms with Crippen molar-refractivity contribution in [2.24, 2.45) is 5.73 Å². The van der Waals surface area contributed by atoms with Crippen molar-refractivity contribution >= 4 is 23.1 Å². The number of nitrogens with two attached hydrogens (primary N) is 1. The molecule has 2 N–H and O–H groups in total. The SMILES string of the molecule is CCSc1cccc(N2CCc3ccccc32)c1CN. The number of rotatable bonds is 4. The van der Waals surface area contributed by atoms with Crippen molar-refractivity contribution in [1.29, 1.82) is 0 Å². The van der Waals surface area contributed by atoms with Crippen LogP contribution in [0.5, 0.6) is 0 Å². The molecule has 0 fully saturated rings. The van der Waals surface area contributed by atoms with Crippen molar-refractivity contribution in [3.63, 3.8) is 0 Å². The number of hydrogen-bond acceptors (Lipinski definition) is 3. The molecule has 0 saturated carbocycles. The zero-order valence-electron chi connectivity index (χ0n) is 11.8. The van der Waals surface area contributed by atoms with Gasteiger partial charge >= 0.3 is 0 Å². The second-order valence-electron chi connectivity index (χ2n) is 4.92. The lowest BCUT2D eigenvalue weighted by molar-refractivity contribution is 0.955. The van der Waals surface area contributed by atoms with E-state index in [1.54, 1.807) is 0 Å². The molecule has 104 valence electrons. The monoisotopic (exact) mass is 284 g/mol. The number of thioether (sulfide) groups is 1. The van der Waals surface area contributed by atoms with Crippen molar-refractivity contribution in [3.05, 3.63) is 53.6 Å². The molecule has 2 nitrogen and oxygen atoms in total. The van der Waals surface area contributed by atoms with Crippen molar-refractivity contribution in [2.45, 2.75) is 24.8 Å². The predicted molar refractivity (Wildman–Crippen MR) is 87.9 cm³/mol. The summed E-state index contributed by atoms with van der Waals surface area (Å²) < 4.78 is 0. The van der Waals surface area contributed by atoms with Crippen molar-refractivity contribution < 1.29 is 0 Å². The van der Waals surface area contributed by atoms with E-state index in [1.165, 1.54) is 27.4 Å². The van der Waals surface area contributed by atoms with Crippen LogP contribution in [-0.4, -0.2) is 12.3 Å². The molecule has 0 aromatic heterocycles. The van der Waals surface area contributed by atoms with E-state index in [9.17, 15) is 0 Å². The fraction of sp³-hybridized carbons (Fsp3) is 0.294. The largest absolute Gasteiger partial charge is 0.341 e. The lowest BCUT2D eigenvalue weighted by Gasteiger charge is -2.24. The Balaban J connectivity index is 2.05. The van der Waals surface area contributed by atoms with Crippen LogP contribution in [0.25, 0.3) is 0 Å². The van der Waals surface area contributed by atoms with Gasteiger partial charge in [0.2, 0.25) is 0 Å². The van der Waals surface area contributed by atoms with Crippen LogP contribution >= 0.6 is 11.8 Å². The molecule has 0 saturated heterocycles. The molecule has 1 aliphatic rings. The number of hydrogen-bond donors (Lipinski definition) is 1. The second kappa shape index (κ2) is 5.90. The summed E-state index contributed by atoms with van der Waals surface area (Å²) in [5.74, 6) is 1.08. The van der Waals surface area contributed by atoms with Crippen molar-refractivity contribution in [3.8, 4) is 0 Å². The molecule has 0 unspecified atom stereocenters. The molecule has 2 aromatic carbocycles. The minimum atomic E-state index is 0.594. The molecule has 3 heteroatoms. The average molecular weight is 284 g/mol. The summed E-state index contributed by atoms with van der Waals surface area (Å²) in [6.45, 7) is 3.83. The minimum absolute atomic E-state index is 0.594. The number of para-hydroxylation sites is 1. The van der Waals surface area contributed by atoms with Crippen LogP contribution in [0.15, 0.2) is 47.4 Å². The second-order valence-corrected chi connectivity index (χ2v) is 6.23. The molecule has 2 aromatic rings. The first-order valence-corrected chi connectivity index (χ1v) is 8.14. The normalized spacial score (nSPS) is 13.6. The van der Waals surface area contributed by atoms with Crippen molar-refractivity contribution in [1.82, 2.24) is 0 Å². The molecule has 0 radical (unpaired) electrons. The first-order chi connectivity index (χ1) is 9.85. The molecule has 0 spiro atoms. The minimum Gasteiger partial charge on any atom is -0.341 e. The van der Waals surface area contributed by atoms with Crippen LogP contribution in [0, 0.1) is 0 Å². The third-order valence-corrected chi connectivity index (χ3v) is 4.77. The maximum atomic E-state index is 6.03. The summed E-state index contributed by atoms with van der Waals surface area (Å²) in [7, 11) is 0. The Hall–Kier alpha value is -1.45. The maximum Gasteiger partial charge on any atom is 0.0467 e. The summed E-state index contributed by atoms with van der Waals surface area (Å²) in [5, 5.41) is 0. The van der Waals surface area contributed by atoms with Gasteiger partial charge in [-0.1, -0.05) is 31.2 Å². The van der Waals surface area contributed by atoms with Crippen LogP contribution in [0.3, 0.4) is 0 Å². The molecule has 0 aliphatic carbocycles. The van der Waals surface area contributed by atoms with E-state index in [0.29, 0.717) is 6.54 Å². The highest BCUT2D eigenvalue weighted by atomic mass is 32.2. The fourth-order valence-electron chi connectivity index (χ4n) is 2.89. The Morgan fingerprint density at radius 2 is 1.90 bits per heavy atom. The number of nitrogens with zero attached hydrogens (tertiary/aromatic N) is 1. The topological polar surface area (TPSA) is 29.3 Å². The summed E-state index contributed by atoms with van der Waals surface area (Å²) in [5.41, 5.74) is 11.3. The first kappa shape index (κ1) is 13.5. The van der Waals surface area contributed by atoms with Gasteiger partial charge in [0.1, 0.15) is 0 Å². The van der Waals surface area contributed by atoms with E-state index in [-0.39, 0.29) is 0 Å². The summed E-state index contributed by atoms with van der Waals surface area (Å²) in [6, 6.07) is 15.2. The molecule has 0 amide bonds. The van der Waals surface area contributed by atoms with E-state index in [0.717, 1.165) is 18.7 Å². The van der Waals surface area contributed by atoms with Gasteiger partial charge < -0.3 is 10.6 Å². The maximum absolute atomic E-state index is 6.03. The Labute approximate surface area is 125 Å². The molecular weight excluding hydrogens is 264 g/mol. The molecule has 1 aliphatic heterocycles. The van der Waals surface area contributed by atoms with Crippen LogP contribution in [0.4, 0.5) is 11.4 Å². The Morgan fingerprint density at radius 3 is 2.70 bits per heavy atom. The lowest BCUT2D eigenvalue weighted by Crippen LogP contribution is -2.17. The molecule has 3 rings (SSSR count). The first-order valence-electron chi connectivity index (χ1n) is 7.15. The zero-order valence-corrected chi connectivity index (χ0v) is 12.6. The van der Waals surface area contributed by atoms with E-state index in [2.05, 4.69) is 54.3 Å². The van der Waals surface area contributed by atoms with Crippen LogP contribution < -0.4 is 10.6 Å². The molecule has 1 heterocycles. The van der Waals surface area contributed by atoms with Gasteiger partial charge in [-0.3, -0.25) is 0 Å². The summed E-state index contributed by atoms with van der Waals surface area (Å²) >= 11 is 1.87. The highest BCUT2D eigenvalue weighted by molar-refractivity contribution is 7.99. The lowest BCUT2D eigenvalue weighted by atomic mass is 10.1. The van der Waals surface area contributed by atoms with Crippen LogP contribution in [-0.2, 0) is 13.0 Å². The molecular formula is C17H20N2S. The fourth-order valence-corrected chi connectivity index (χ4v) is 3.74. The zero-order chi connectivity index (χ0) is 13.9. The standard InChI is InChI=1S/C17H20N2S/c1-2-20-17-9-5-8-16(14(17)12-18)19-11-10-13-6-3-4-7-15(13)19/h3-9H,2,10-12,18H2,1H3. The van der Waals surface area contributed by atoms with E-state index in [4.69, 9.17) is 5.73 Å². The average Bonchev–Trinajstić information content (AvgIpc) is 2.91. The van der Waals surface area contributed by atoms with E-state index >= 15 is 0 Å². The third kappa shape index (κ3) is 2.32. The van der Waals surface area contributed by atoms with Gasteiger partial charge in [0.25, 0.3) is 0 Å². The number of anilines is 2. The van der Waals surface area contributed by atoms with E-state index in [1.807, 2.05) is 11.8 Å². The molecule has 0 bridgehead atoms. The van der Waals surface area contributed by atoms with Gasteiger partial charge in [-0.15, -0.1) is 11.8 Å². The molecule has 20 heavy (non-hydrogen) atoms. The Bertz CT molecular complexity index is 610. The Kier molecular flexibility index (Phi) is 3.99. The van der Waals surface area contributed by atoms with Gasteiger partial charge in [-0.2, -0.15) is 0 Å². The van der Waals surface area contributed by atoms with Gasteiger partial charge in [0.05, 0.1) is 0 Å². The van der Waals surface area contributed by atoms with Gasteiger partial charge in [0, 0.05) is 34.9 Å². The summed E-state index contributed by atoms with van der Waals surface area (Å²) in [4.78, 5) is 3.73. The number of benzene rings is 2.